The number of nitrogens with zero attached hydrogens (tertiary/aromatic N) is 1. The van der Waals surface area contributed by atoms with Crippen LogP contribution in [0.25, 0.3) is 33.1 Å². The molecule has 0 fully saturated rings. The minimum absolute atomic E-state index is 0.253. The molecule has 0 atom stereocenters. The van der Waals surface area contributed by atoms with Gasteiger partial charge in [0.2, 0.25) is 0 Å². The molecule has 2 nitrogen and oxygen atoms in total. The summed E-state index contributed by atoms with van der Waals surface area (Å²) in [7, 11) is 0. The number of halogens is 2. The van der Waals surface area contributed by atoms with Gasteiger partial charge in [0.1, 0.15) is 5.82 Å². The monoisotopic (exact) mass is 296 g/mol. The highest BCUT2D eigenvalue weighted by Gasteiger charge is 2.09. The highest BCUT2D eigenvalue weighted by Crippen LogP contribution is 2.29. The number of nitrogens with one attached hydrogen (secondary N) is 1. The van der Waals surface area contributed by atoms with Crippen molar-refractivity contribution in [1.29, 1.82) is 0 Å². The van der Waals surface area contributed by atoms with Crippen molar-refractivity contribution in [2.75, 3.05) is 0 Å². The SMILES string of the molecule is Fc1ccc2c(-c3ccc4cc(Cl)ccc4n3)c[nH]c2c1. The fraction of sp³-hybridized carbons (Fsp3) is 0. The fourth-order valence-electron chi connectivity index (χ4n) is 2.56. The molecule has 0 saturated heterocycles. The topological polar surface area (TPSA) is 28.7 Å². The average molecular weight is 297 g/mol. The number of hydrogen-bond acceptors (Lipinski definition) is 1. The third-order valence-electron chi connectivity index (χ3n) is 3.57. The number of pyridine rings is 1. The van der Waals surface area contributed by atoms with Crippen LogP contribution in [0.3, 0.4) is 0 Å². The Balaban J connectivity index is 1.93. The van der Waals surface area contributed by atoms with Crippen LogP contribution in [0, 0.1) is 5.82 Å². The molecule has 4 heteroatoms. The van der Waals surface area contributed by atoms with Crippen LogP contribution in [-0.2, 0) is 0 Å². The largest absolute Gasteiger partial charge is 0.360 e. The van der Waals surface area contributed by atoms with Gasteiger partial charge in [0.15, 0.2) is 0 Å². The first-order valence-electron chi connectivity index (χ1n) is 6.54. The zero-order chi connectivity index (χ0) is 14.4. The number of aromatic amines is 1. The molecule has 2 aromatic carbocycles. The number of aromatic nitrogens is 2. The molecule has 4 rings (SSSR count). The molecule has 0 unspecified atom stereocenters. The summed E-state index contributed by atoms with van der Waals surface area (Å²) in [6.45, 7) is 0. The van der Waals surface area contributed by atoms with Crippen molar-refractivity contribution in [3.8, 4) is 11.3 Å². The zero-order valence-electron chi connectivity index (χ0n) is 10.9. The van der Waals surface area contributed by atoms with Crippen LogP contribution in [0.15, 0.2) is 54.7 Å². The van der Waals surface area contributed by atoms with Gasteiger partial charge < -0.3 is 4.98 Å². The van der Waals surface area contributed by atoms with Crippen molar-refractivity contribution in [2.45, 2.75) is 0 Å². The predicted octanol–water partition coefficient (Wildman–Crippen LogP) is 5.18. The third-order valence-corrected chi connectivity index (χ3v) is 3.81. The molecule has 0 amide bonds. The molecule has 2 heterocycles. The Kier molecular flexibility index (Phi) is 2.69. The number of benzene rings is 2. The highest BCUT2D eigenvalue weighted by molar-refractivity contribution is 6.31. The molecule has 4 aromatic rings. The molecule has 0 aliphatic heterocycles. The highest BCUT2D eigenvalue weighted by atomic mass is 35.5. The van der Waals surface area contributed by atoms with E-state index in [1.54, 1.807) is 6.07 Å². The van der Waals surface area contributed by atoms with Gasteiger partial charge in [0.25, 0.3) is 0 Å². The summed E-state index contributed by atoms with van der Waals surface area (Å²) in [6.07, 6.45) is 1.86. The molecule has 102 valence electrons. The molecular formula is C17H10ClFN2. The van der Waals surface area contributed by atoms with Crippen molar-refractivity contribution >= 4 is 33.4 Å². The molecule has 21 heavy (non-hydrogen) atoms. The Morgan fingerprint density at radius 1 is 1.00 bits per heavy atom. The van der Waals surface area contributed by atoms with Gasteiger partial charge in [-0.1, -0.05) is 17.7 Å². The van der Waals surface area contributed by atoms with Crippen molar-refractivity contribution in [2.24, 2.45) is 0 Å². The van der Waals surface area contributed by atoms with Gasteiger partial charge in [0, 0.05) is 33.1 Å². The van der Waals surface area contributed by atoms with Gasteiger partial charge in [-0.2, -0.15) is 0 Å². The van der Waals surface area contributed by atoms with Crippen molar-refractivity contribution in [3.05, 3.63) is 65.6 Å². The maximum atomic E-state index is 13.2. The standard InChI is InChI=1S/C17H10ClFN2/c18-11-2-6-15-10(7-11)1-5-16(21-15)14-9-20-17-8-12(19)3-4-13(14)17/h1-9,20H. The van der Waals surface area contributed by atoms with Gasteiger partial charge in [-0.05, 0) is 42.5 Å². The lowest BCUT2D eigenvalue weighted by atomic mass is 10.1. The Morgan fingerprint density at radius 2 is 1.90 bits per heavy atom. The normalized spacial score (nSPS) is 11.3. The zero-order valence-corrected chi connectivity index (χ0v) is 11.7. The molecule has 0 spiro atoms. The van der Waals surface area contributed by atoms with Crippen molar-refractivity contribution < 1.29 is 4.39 Å². The lowest BCUT2D eigenvalue weighted by Crippen LogP contribution is -1.84. The number of H-pyrrole nitrogens is 1. The van der Waals surface area contributed by atoms with E-state index >= 15 is 0 Å². The van der Waals surface area contributed by atoms with Crippen LogP contribution in [0.1, 0.15) is 0 Å². The van der Waals surface area contributed by atoms with Gasteiger partial charge in [-0.3, -0.25) is 0 Å². The summed E-state index contributed by atoms with van der Waals surface area (Å²) in [5.74, 6) is -0.253. The second-order valence-corrected chi connectivity index (χ2v) is 5.36. The Hall–Kier alpha value is -2.39. The molecule has 0 radical (unpaired) electrons. The summed E-state index contributed by atoms with van der Waals surface area (Å²) < 4.78 is 13.2. The van der Waals surface area contributed by atoms with Gasteiger partial charge in [-0.25, -0.2) is 9.37 Å². The molecule has 2 aromatic heterocycles. The van der Waals surface area contributed by atoms with E-state index in [1.165, 1.54) is 12.1 Å². The Labute approximate surface area is 125 Å². The fourth-order valence-corrected chi connectivity index (χ4v) is 2.74. The van der Waals surface area contributed by atoms with E-state index in [4.69, 9.17) is 11.6 Å². The summed E-state index contributed by atoms with van der Waals surface area (Å²) in [6, 6.07) is 14.3. The van der Waals surface area contributed by atoms with Crippen LogP contribution < -0.4 is 0 Å². The van der Waals surface area contributed by atoms with E-state index in [0.717, 1.165) is 33.1 Å². The van der Waals surface area contributed by atoms with E-state index in [2.05, 4.69) is 9.97 Å². The maximum Gasteiger partial charge on any atom is 0.125 e. The Bertz CT molecular complexity index is 975. The van der Waals surface area contributed by atoms with Crippen LogP contribution in [0.5, 0.6) is 0 Å². The molecule has 1 N–H and O–H groups in total. The maximum absolute atomic E-state index is 13.2. The second-order valence-electron chi connectivity index (χ2n) is 4.93. The number of fused-ring (bicyclic) bond motifs is 2. The van der Waals surface area contributed by atoms with Gasteiger partial charge in [-0.15, -0.1) is 0 Å². The lowest BCUT2D eigenvalue weighted by Gasteiger charge is -2.03. The predicted molar refractivity (Wildman–Crippen MR) is 84.0 cm³/mol. The van der Waals surface area contributed by atoms with Crippen molar-refractivity contribution in [1.82, 2.24) is 9.97 Å². The summed E-state index contributed by atoms with van der Waals surface area (Å²) >= 11 is 5.98. The minimum atomic E-state index is -0.253. The minimum Gasteiger partial charge on any atom is -0.360 e. The molecule has 0 aliphatic carbocycles. The third kappa shape index (κ3) is 2.06. The summed E-state index contributed by atoms with van der Waals surface area (Å²) in [5.41, 5.74) is 3.46. The molecule has 0 aliphatic rings. The van der Waals surface area contributed by atoms with Crippen LogP contribution in [0.4, 0.5) is 4.39 Å². The Morgan fingerprint density at radius 3 is 2.81 bits per heavy atom. The van der Waals surface area contributed by atoms with E-state index in [9.17, 15) is 4.39 Å². The van der Waals surface area contributed by atoms with Crippen LogP contribution in [0.2, 0.25) is 5.02 Å². The van der Waals surface area contributed by atoms with E-state index in [-0.39, 0.29) is 5.82 Å². The molecular weight excluding hydrogens is 287 g/mol. The first kappa shape index (κ1) is 12.4. The summed E-state index contributed by atoms with van der Waals surface area (Å²) in [5, 5.41) is 2.65. The van der Waals surface area contributed by atoms with Crippen LogP contribution in [-0.4, -0.2) is 9.97 Å². The second kappa shape index (κ2) is 4.57. The first-order valence-corrected chi connectivity index (χ1v) is 6.92. The average Bonchev–Trinajstić information content (AvgIpc) is 2.89. The van der Waals surface area contributed by atoms with E-state index in [1.807, 2.05) is 36.5 Å². The quantitative estimate of drug-likeness (QED) is 0.515. The van der Waals surface area contributed by atoms with E-state index < -0.39 is 0 Å². The lowest BCUT2D eigenvalue weighted by molar-refractivity contribution is 0.629. The molecule has 0 bridgehead atoms. The number of rotatable bonds is 1. The number of hydrogen-bond donors (Lipinski definition) is 1. The van der Waals surface area contributed by atoms with Crippen molar-refractivity contribution in [3.63, 3.8) is 0 Å². The van der Waals surface area contributed by atoms with Gasteiger partial charge >= 0.3 is 0 Å². The smallest absolute Gasteiger partial charge is 0.125 e. The van der Waals surface area contributed by atoms with Gasteiger partial charge in [0.05, 0.1) is 11.2 Å². The van der Waals surface area contributed by atoms with E-state index in [0.29, 0.717) is 5.02 Å². The van der Waals surface area contributed by atoms with Crippen LogP contribution >= 0.6 is 11.6 Å². The molecule has 0 saturated carbocycles. The summed E-state index contributed by atoms with van der Waals surface area (Å²) in [4.78, 5) is 7.74. The first-order chi connectivity index (χ1) is 10.2.